The Kier molecular flexibility index (Phi) is 5.43. The van der Waals surface area contributed by atoms with Crippen LogP contribution in [0.1, 0.15) is 18.4 Å². The Bertz CT molecular complexity index is 616. The summed E-state index contributed by atoms with van der Waals surface area (Å²) in [6.07, 6.45) is 2.58. The fourth-order valence-corrected chi connectivity index (χ4v) is 2.92. The lowest BCUT2D eigenvalue weighted by atomic mass is 10.0. The largest absolute Gasteiger partial charge is 0.381 e. The van der Waals surface area contributed by atoms with Gasteiger partial charge in [0.15, 0.2) is 0 Å². The molecule has 1 heterocycles. The predicted octanol–water partition coefficient (Wildman–Crippen LogP) is 3.44. The van der Waals surface area contributed by atoms with E-state index in [1.54, 1.807) is 0 Å². The second kappa shape index (κ2) is 7.93. The molecular formula is C20H23NO2. The lowest BCUT2D eigenvalue weighted by Crippen LogP contribution is -2.27. The van der Waals surface area contributed by atoms with Crippen LogP contribution in [0.3, 0.4) is 0 Å². The summed E-state index contributed by atoms with van der Waals surface area (Å²) in [5.74, 6) is 0.705. The minimum Gasteiger partial charge on any atom is -0.381 e. The van der Waals surface area contributed by atoms with Crippen LogP contribution >= 0.6 is 0 Å². The van der Waals surface area contributed by atoms with Gasteiger partial charge in [0, 0.05) is 19.8 Å². The van der Waals surface area contributed by atoms with Crippen LogP contribution in [0, 0.1) is 5.92 Å². The molecule has 2 aromatic carbocycles. The van der Waals surface area contributed by atoms with Crippen molar-refractivity contribution in [3.05, 3.63) is 60.2 Å². The van der Waals surface area contributed by atoms with Crippen LogP contribution in [0.25, 0.3) is 11.1 Å². The summed E-state index contributed by atoms with van der Waals surface area (Å²) in [6, 6.07) is 18.5. The van der Waals surface area contributed by atoms with Gasteiger partial charge in [0.25, 0.3) is 0 Å². The molecule has 0 aromatic heterocycles. The number of hydrogen-bond acceptors (Lipinski definition) is 2. The van der Waals surface area contributed by atoms with Gasteiger partial charge in [-0.05, 0) is 35.4 Å². The molecule has 120 valence electrons. The van der Waals surface area contributed by atoms with Crippen LogP contribution in [-0.4, -0.2) is 25.7 Å². The Morgan fingerprint density at radius 1 is 1.04 bits per heavy atom. The van der Waals surface area contributed by atoms with E-state index in [0.717, 1.165) is 38.2 Å². The van der Waals surface area contributed by atoms with Crippen LogP contribution in [0.15, 0.2) is 54.6 Å². The second-order valence-corrected chi connectivity index (χ2v) is 6.11. The number of hydrogen-bond donors (Lipinski definition) is 1. The molecule has 0 unspecified atom stereocenters. The zero-order chi connectivity index (χ0) is 15.9. The highest BCUT2D eigenvalue weighted by molar-refractivity contribution is 5.78. The van der Waals surface area contributed by atoms with E-state index >= 15 is 0 Å². The van der Waals surface area contributed by atoms with Gasteiger partial charge in [-0.15, -0.1) is 0 Å². The summed E-state index contributed by atoms with van der Waals surface area (Å²) in [5.41, 5.74) is 3.42. The van der Waals surface area contributed by atoms with Gasteiger partial charge in [0.2, 0.25) is 5.91 Å². The Hall–Kier alpha value is -2.13. The molecule has 1 aliphatic heterocycles. The average Bonchev–Trinajstić information content (AvgIpc) is 3.10. The fraction of sp³-hybridized carbons (Fsp3) is 0.350. The number of nitrogens with one attached hydrogen (secondary N) is 1. The molecule has 1 saturated heterocycles. The predicted molar refractivity (Wildman–Crippen MR) is 92.1 cm³/mol. The van der Waals surface area contributed by atoms with Crippen molar-refractivity contribution in [3.63, 3.8) is 0 Å². The molecule has 1 atom stereocenters. The molecule has 2 aromatic rings. The number of amides is 1. The first-order valence-corrected chi connectivity index (χ1v) is 8.30. The zero-order valence-corrected chi connectivity index (χ0v) is 13.3. The SMILES string of the molecule is O=C(Cc1ccc(-c2ccccc2)cc1)NCC[C@@H]1CCOC1. The van der Waals surface area contributed by atoms with Crippen molar-refractivity contribution in [2.75, 3.05) is 19.8 Å². The monoisotopic (exact) mass is 309 g/mol. The van der Waals surface area contributed by atoms with E-state index in [1.807, 2.05) is 30.3 Å². The zero-order valence-electron chi connectivity index (χ0n) is 13.3. The maximum atomic E-state index is 12.0. The Balaban J connectivity index is 1.46. The maximum absolute atomic E-state index is 12.0. The molecule has 0 radical (unpaired) electrons. The van der Waals surface area contributed by atoms with E-state index in [0.29, 0.717) is 12.3 Å². The van der Waals surface area contributed by atoms with Crippen molar-refractivity contribution in [2.45, 2.75) is 19.3 Å². The molecule has 3 rings (SSSR count). The molecular weight excluding hydrogens is 286 g/mol. The molecule has 3 heteroatoms. The summed E-state index contributed by atoms with van der Waals surface area (Å²) in [5, 5.41) is 3.01. The Labute approximate surface area is 137 Å². The van der Waals surface area contributed by atoms with Crippen molar-refractivity contribution < 1.29 is 9.53 Å². The molecule has 23 heavy (non-hydrogen) atoms. The van der Waals surface area contributed by atoms with Gasteiger partial charge >= 0.3 is 0 Å². The highest BCUT2D eigenvalue weighted by Crippen LogP contribution is 2.19. The summed E-state index contributed by atoms with van der Waals surface area (Å²) in [4.78, 5) is 12.0. The smallest absolute Gasteiger partial charge is 0.224 e. The lowest BCUT2D eigenvalue weighted by molar-refractivity contribution is -0.120. The molecule has 3 nitrogen and oxygen atoms in total. The van der Waals surface area contributed by atoms with E-state index < -0.39 is 0 Å². The van der Waals surface area contributed by atoms with Crippen LogP contribution in [-0.2, 0) is 16.0 Å². The third-order valence-electron chi connectivity index (χ3n) is 4.32. The number of benzene rings is 2. The Morgan fingerprint density at radius 3 is 2.48 bits per heavy atom. The lowest BCUT2D eigenvalue weighted by Gasteiger charge is -2.09. The summed E-state index contributed by atoms with van der Waals surface area (Å²) < 4.78 is 5.35. The first kappa shape index (κ1) is 15.8. The van der Waals surface area contributed by atoms with Crippen molar-refractivity contribution >= 4 is 5.91 Å². The van der Waals surface area contributed by atoms with Crippen molar-refractivity contribution in [3.8, 4) is 11.1 Å². The summed E-state index contributed by atoms with van der Waals surface area (Å²) in [7, 11) is 0. The van der Waals surface area contributed by atoms with Crippen LogP contribution in [0.5, 0.6) is 0 Å². The highest BCUT2D eigenvalue weighted by atomic mass is 16.5. The molecule has 1 aliphatic rings. The number of carbonyl (C=O) groups excluding carboxylic acids is 1. The third kappa shape index (κ3) is 4.67. The van der Waals surface area contributed by atoms with E-state index in [4.69, 9.17) is 4.74 Å². The first-order chi connectivity index (χ1) is 11.3. The van der Waals surface area contributed by atoms with Gasteiger partial charge in [-0.25, -0.2) is 0 Å². The molecule has 1 fully saturated rings. The molecule has 0 spiro atoms. The molecule has 0 saturated carbocycles. The van der Waals surface area contributed by atoms with Gasteiger partial charge in [-0.3, -0.25) is 4.79 Å². The topological polar surface area (TPSA) is 38.3 Å². The third-order valence-corrected chi connectivity index (χ3v) is 4.32. The van der Waals surface area contributed by atoms with Crippen molar-refractivity contribution in [2.24, 2.45) is 5.92 Å². The van der Waals surface area contributed by atoms with Crippen molar-refractivity contribution in [1.29, 1.82) is 0 Å². The minimum absolute atomic E-state index is 0.0939. The van der Waals surface area contributed by atoms with Crippen LogP contribution in [0.4, 0.5) is 0 Å². The van der Waals surface area contributed by atoms with E-state index in [2.05, 4.69) is 29.6 Å². The standard InChI is InChI=1S/C20H23NO2/c22-20(21-12-10-17-11-13-23-15-17)14-16-6-8-19(9-7-16)18-4-2-1-3-5-18/h1-9,17H,10-15H2,(H,21,22)/t17-/m1/s1. The van der Waals surface area contributed by atoms with Crippen LogP contribution in [0.2, 0.25) is 0 Å². The van der Waals surface area contributed by atoms with Gasteiger partial charge < -0.3 is 10.1 Å². The normalized spacial score (nSPS) is 17.1. The summed E-state index contributed by atoms with van der Waals surface area (Å²) in [6.45, 7) is 2.46. The van der Waals surface area contributed by atoms with Crippen LogP contribution < -0.4 is 5.32 Å². The number of ether oxygens (including phenoxy) is 1. The second-order valence-electron chi connectivity index (χ2n) is 6.11. The summed E-state index contributed by atoms with van der Waals surface area (Å²) >= 11 is 0. The van der Waals surface area contributed by atoms with E-state index in [9.17, 15) is 4.79 Å². The first-order valence-electron chi connectivity index (χ1n) is 8.30. The number of carbonyl (C=O) groups is 1. The van der Waals surface area contributed by atoms with Gasteiger partial charge in [-0.1, -0.05) is 54.6 Å². The number of rotatable bonds is 6. The quantitative estimate of drug-likeness (QED) is 0.887. The van der Waals surface area contributed by atoms with E-state index in [-0.39, 0.29) is 5.91 Å². The van der Waals surface area contributed by atoms with Gasteiger partial charge in [0.1, 0.15) is 0 Å². The van der Waals surface area contributed by atoms with Crippen molar-refractivity contribution in [1.82, 2.24) is 5.32 Å². The van der Waals surface area contributed by atoms with Gasteiger partial charge in [-0.2, -0.15) is 0 Å². The minimum atomic E-state index is 0.0939. The molecule has 0 bridgehead atoms. The molecule has 1 N–H and O–H groups in total. The average molecular weight is 309 g/mol. The maximum Gasteiger partial charge on any atom is 0.224 e. The van der Waals surface area contributed by atoms with Gasteiger partial charge in [0.05, 0.1) is 6.42 Å². The highest BCUT2D eigenvalue weighted by Gasteiger charge is 2.15. The van der Waals surface area contributed by atoms with E-state index in [1.165, 1.54) is 11.1 Å². The molecule has 0 aliphatic carbocycles. The fourth-order valence-electron chi connectivity index (χ4n) is 2.92. The molecule has 1 amide bonds. The Morgan fingerprint density at radius 2 is 1.78 bits per heavy atom.